The first kappa shape index (κ1) is 10.4. The van der Waals surface area contributed by atoms with E-state index in [0.717, 1.165) is 18.9 Å². The fourth-order valence-electron chi connectivity index (χ4n) is 0.710. The first-order valence-electron chi connectivity index (χ1n) is 3.39. The Labute approximate surface area is 99.2 Å². The van der Waals surface area contributed by atoms with Crippen molar-refractivity contribution in [1.82, 2.24) is 9.97 Å². The summed E-state index contributed by atoms with van der Waals surface area (Å²) in [7, 11) is 3.88. The Kier molecular flexibility index (Phi) is 3.50. The Bertz CT molecular complexity index is 276. The van der Waals surface area contributed by atoms with Crippen LogP contribution in [-0.2, 0) is 0 Å². The molecule has 0 aliphatic heterocycles. The number of halogens is 2. The maximum atomic E-state index is 4.34. The molecule has 0 aromatic carbocycles. The average molecular weight is 389 g/mol. The summed E-state index contributed by atoms with van der Waals surface area (Å²) in [5.41, 5.74) is 1.04. The molecule has 3 nitrogen and oxygen atoms in total. The van der Waals surface area contributed by atoms with E-state index in [2.05, 4.69) is 55.1 Å². The van der Waals surface area contributed by atoms with Gasteiger partial charge in [-0.2, -0.15) is 0 Å². The smallest absolute Gasteiger partial charge is 0.226 e. The van der Waals surface area contributed by atoms with Crippen LogP contribution < -0.4 is 4.90 Å². The van der Waals surface area contributed by atoms with Gasteiger partial charge in [-0.05, 0) is 52.1 Å². The molecule has 5 heteroatoms. The van der Waals surface area contributed by atoms with Crippen LogP contribution in [0.4, 0.5) is 5.95 Å². The molecule has 12 heavy (non-hydrogen) atoms. The average Bonchev–Trinajstić information content (AvgIpc) is 1.99. The maximum absolute atomic E-state index is 4.34. The zero-order valence-electron chi connectivity index (χ0n) is 7.10. The van der Waals surface area contributed by atoms with Crippen molar-refractivity contribution in [2.24, 2.45) is 0 Å². The molecule has 0 saturated carbocycles. The number of hydrogen-bond donors (Lipinski definition) is 0. The van der Waals surface area contributed by atoms with Gasteiger partial charge >= 0.3 is 0 Å². The van der Waals surface area contributed by atoms with Crippen LogP contribution >= 0.6 is 45.2 Å². The van der Waals surface area contributed by atoms with Crippen molar-refractivity contribution in [3.63, 3.8) is 0 Å². The highest BCUT2D eigenvalue weighted by Crippen LogP contribution is 2.17. The van der Waals surface area contributed by atoms with Crippen molar-refractivity contribution in [2.45, 2.75) is 6.92 Å². The van der Waals surface area contributed by atoms with E-state index in [0.29, 0.717) is 0 Å². The van der Waals surface area contributed by atoms with Crippen LogP contribution in [0.25, 0.3) is 0 Å². The van der Waals surface area contributed by atoms with Gasteiger partial charge in [0.15, 0.2) is 0 Å². The van der Waals surface area contributed by atoms with Crippen LogP contribution in [0.5, 0.6) is 0 Å². The topological polar surface area (TPSA) is 29.0 Å². The Hall–Kier alpha value is 0.340. The lowest BCUT2D eigenvalue weighted by atomic mass is 10.5. The van der Waals surface area contributed by atoms with Crippen LogP contribution in [0.15, 0.2) is 0 Å². The van der Waals surface area contributed by atoms with Gasteiger partial charge in [0.05, 0.1) is 9.26 Å². The number of nitrogens with zero attached hydrogens (tertiary/aromatic N) is 3. The van der Waals surface area contributed by atoms with Gasteiger partial charge in [-0.1, -0.05) is 0 Å². The molecule has 1 aromatic heterocycles. The van der Waals surface area contributed by atoms with E-state index in [1.54, 1.807) is 0 Å². The molecule has 0 radical (unpaired) electrons. The summed E-state index contributed by atoms with van der Waals surface area (Å²) in [6.07, 6.45) is 0. The van der Waals surface area contributed by atoms with Crippen LogP contribution in [0.1, 0.15) is 5.69 Å². The van der Waals surface area contributed by atoms with E-state index < -0.39 is 0 Å². The second-order valence-corrected chi connectivity index (χ2v) is 4.71. The van der Waals surface area contributed by atoms with Crippen molar-refractivity contribution in [3.8, 4) is 0 Å². The molecule has 0 aliphatic rings. The lowest BCUT2D eigenvalue weighted by molar-refractivity contribution is 0.956. The molecule has 0 N–H and O–H groups in total. The number of aromatic nitrogens is 2. The van der Waals surface area contributed by atoms with E-state index >= 15 is 0 Å². The van der Waals surface area contributed by atoms with Crippen LogP contribution in [0, 0.1) is 14.2 Å². The summed E-state index contributed by atoms with van der Waals surface area (Å²) in [5, 5.41) is 0. The molecule has 66 valence electrons. The van der Waals surface area contributed by atoms with E-state index in [-0.39, 0.29) is 0 Å². The zero-order chi connectivity index (χ0) is 9.30. The van der Waals surface area contributed by atoms with Gasteiger partial charge < -0.3 is 4.90 Å². The lowest BCUT2D eigenvalue weighted by Crippen LogP contribution is -2.14. The highest BCUT2D eigenvalue weighted by molar-refractivity contribution is 14.1. The molecule has 0 amide bonds. The molecule has 1 aromatic rings. The van der Waals surface area contributed by atoms with Crippen molar-refractivity contribution in [3.05, 3.63) is 13.0 Å². The lowest BCUT2D eigenvalue weighted by Gasteiger charge is -2.11. The molecule has 1 heterocycles. The fourth-order valence-corrected chi connectivity index (χ4v) is 1.56. The van der Waals surface area contributed by atoms with Crippen molar-refractivity contribution >= 4 is 51.1 Å². The minimum Gasteiger partial charge on any atom is -0.347 e. The second kappa shape index (κ2) is 4.03. The number of rotatable bonds is 1. The molecule has 1 rings (SSSR count). The van der Waals surface area contributed by atoms with Crippen molar-refractivity contribution in [2.75, 3.05) is 19.0 Å². The predicted octanol–water partition coefficient (Wildman–Crippen LogP) is 2.06. The summed E-state index contributed by atoms with van der Waals surface area (Å²) in [6.45, 7) is 2.00. The Morgan fingerprint density at radius 2 is 1.75 bits per heavy atom. The van der Waals surface area contributed by atoms with Crippen LogP contribution in [0.2, 0.25) is 0 Å². The summed E-state index contributed by atoms with van der Waals surface area (Å²) < 4.78 is 2.16. The molecule has 0 saturated heterocycles. The minimum absolute atomic E-state index is 0.775. The number of aryl methyl sites for hydroxylation is 1. The van der Waals surface area contributed by atoms with Gasteiger partial charge in [-0.25, -0.2) is 9.97 Å². The minimum atomic E-state index is 0.775. The third-order valence-corrected chi connectivity index (χ3v) is 4.47. The van der Waals surface area contributed by atoms with Gasteiger partial charge in [0.25, 0.3) is 0 Å². The summed E-state index contributed by atoms with van der Waals surface area (Å²) in [6, 6.07) is 0. The van der Waals surface area contributed by atoms with Crippen LogP contribution in [0.3, 0.4) is 0 Å². The summed E-state index contributed by atoms with van der Waals surface area (Å²) in [5.74, 6) is 0.775. The standard InChI is InChI=1S/C7H9I2N3/c1-4-5(8)6(9)11-7(10-4)12(2)3/h1-3H3. The molecule has 0 fully saturated rings. The molecular weight excluding hydrogens is 380 g/mol. The Balaban J connectivity index is 3.21. The first-order chi connectivity index (χ1) is 5.52. The van der Waals surface area contributed by atoms with E-state index in [1.807, 2.05) is 25.9 Å². The zero-order valence-corrected chi connectivity index (χ0v) is 11.4. The highest BCUT2D eigenvalue weighted by atomic mass is 127. The number of hydrogen-bond acceptors (Lipinski definition) is 3. The quantitative estimate of drug-likeness (QED) is 0.544. The van der Waals surface area contributed by atoms with E-state index in [9.17, 15) is 0 Å². The predicted molar refractivity (Wildman–Crippen MR) is 66.5 cm³/mol. The van der Waals surface area contributed by atoms with E-state index in [4.69, 9.17) is 0 Å². The largest absolute Gasteiger partial charge is 0.347 e. The molecular formula is C7H9I2N3. The molecule has 0 aliphatic carbocycles. The maximum Gasteiger partial charge on any atom is 0.226 e. The SMILES string of the molecule is Cc1nc(N(C)C)nc(I)c1I. The monoisotopic (exact) mass is 389 g/mol. The van der Waals surface area contributed by atoms with Crippen molar-refractivity contribution < 1.29 is 0 Å². The third kappa shape index (κ3) is 2.18. The van der Waals surface area contributed by atoms with Crippen LogP contribution in [-0.4, -0.2) is 24.1 Å². The molecule has 0 spiro atoms. The molecule has 0 atom stereocenters. The molecule has 0 unspecified atom stereocenters. The molecule has 0 bridgehead atoms. The summed E-state index contributed by atoms with van der Waals surface area (Å²) in [4.78, 5) is 10.6. The van der Waals surface area contributed by atoms with Gasteiger partial charge in [0, 0.05) is 14.1 Å². The number of anilines is 1. The summed E-state index contributed by atoms with van der Waals surface area (Å²) >= 11 is 4.48. The normalized spacial score (nSPS) is 10.1. The van der Waals surface area contributed by atoms with Crippen molar-refractivity contribution in [1.29, 1.82) is 0 Å². The van der Waals surface area contributed by atoms with Gasteiger partial charge in [-0.15, -0.1) is 0 Å². The van der Waals surface area contributed by atoms with E-state index in [1.165, 1.54) is 0 Å². The fraction of sp³-hybridized carbons (Fsp3) is 0.429. The Morgan fingerprint density at radius 3 is 2.17 bits per heavy atom. The second-order valence-electron chi connectivity index (χ2n) is 2.61. The first-order valence-corrected chi connectivity index (χ1v) is 5.55. The third-order valence-electron chi connectivity index (χ3n) is 1.36. The van der Waals surface area contributed by atoms with Gasteiger partial charge in [0.1, 0.15) is 3.70 Å². The Morgan fingerprint density at radius 1 is 1.17 bits per heavy atom. The van der Waals surface area contributed by atoms with Gasteiger partial charge in [0.2, 0.25) is 5.95 Å². The van der Waals surface area contributed by atoms with Gasteiger partial charge in [-0.3, -0.25) is 0 Å². The highest BCUT2D eigenvalue weighted by Gasteiger charge is 2.07.